The van der Waals surface area contributed by atoms with E-state index in [2.05, 4.69) is 10.2 Å². The zero-order valence-corrected chi connectivity index (χ0v) is 9.28. The van der Waals surface area contributed by atoms with Gasteiger partial charge in [-0.1, -0.05) is 6.07 Å². The highest BCUT2D eigenvalue weighted by Crippen LogP contribution is 2.31. The number of imidazole rings is 1. The summed E-state index contributed by atoms with van der Waals surface area (Å²) < 4.78 is 6.77. The Hall–Kier alpha value is -2.47. The average molecular weight is 243 g/mol. The van der Waals surface area contributed by atoms with E-state index in [9.17, 15) is 10.0 Å². The number of hydrogen-bond acceptors (Lipinski definition) is 5. The third-order valence-electron chi connectivity index (χ3n) is 2.72. The van der Waals surface area contributed by atoms with Crippen molar-refractivity contribution in [1.82, 2.24) is 9.38 Å². The van der Waals surface area contributed by atoms with Gasteiger partial charge < -0.3 is 9.52 Å². The molecule has 6 heteroatoms. The molecule has 0 spiro atoms. The van der Waals surface area contributed by atoms with E-state index < -0.39 is 0 Å². The second-order valence-electron chi connectivity index (χ2n) is 3.74. The molecule has 3 aromatic rings. The lowest BCUT2D eigenvalue weighted by Gasteiger charge is -1.98. The number of rotatable bonds is 3. The van der Waals surface area contributed by atoms with Gasteiger partial charge in [0.15, 0.2) is 11.5 Å². The summed E-state index contributed by atoms with van der Waals surface area (Å²) in [5.74, 6) is 0.632. The highest BCUT2D eigenvalue weighted by atomic mass is 16.3. The number of aromatic nitrogens is 2. The molecule has 0 aliphatic heterocycles. The van der Waals surface area contributed by atoms with Gasteiger partial charge in [0.25, 0.3) is 0 Å². The van der Waals surface area contributed by atoms with Crippen LogP contribution in [0.2, 0.25) is 0 Å². The molecule has 0 saturated heterocycles. The van der Waals surface area contributed by atoms with Crippen LogP contribution in [0.3, 0.4) is 0 Å². The Kier molecular flexibility index (Phi) is 2.42. The summed E-state index contributed by atoms with van der Waals surface area (Å²) in [6.07, 6.45) is 3.17. The first kappa shape index (κ1) is 10.7. The van der Waals surface area contributed by atoms with E-state index in [0.29, 0.717) is 22.7 Å². The Bertz CT molecular complexity index is 701. The van der Waals surface area contributed by atoms with Gasteiger partial charge >= 0.3 is 0 Å². The number of nitroso groups, excluding NO2 is 1. The number of pyridine rings is 1. The van der Waals surface area contributed by atoms with E-state index in [0.717, 1.165) is 0 Å². The van der Waals surface area contributed by atoms with Gasteiger partial charge in [-0.25, -0.2) is 4.98 Å². The summed E-state index contributed by atoms with van der Waals surface area (Å²) in [6, 6.07) is 6.87. The first-order chi connectivity index (χ1) is 8.85. The standard InChI is InChI=1S/C12H9N3O3/c16-7-8-3-1-5-15-11(8)13-10(12(15)14-17)9-4-2-6-18-9/h1-6,16H,7H2. The van der Waals surface area contributed by atoms with Crippen LogP contribution in [0.4, 0.5) is 5.82 Å². The van der Waals surface area contributed by atoms with E-state index in [1.807, 2.05) is 0 Å². The normalized spacial score (nSPS) is 10.9. The van der Waals surface area contributed by atoms with E-state index in [1.165, 1.54) is 10.7 Å². The van der Waals surface area contributed by atoms with Crippen molar-refractivity contribution in [1.29, 1.82) is 0 Å². The topological polar surface area (TPSA) is 80.1 Å². The Morgan fingerprint density at radius 2 is 2.28 bits per heavy atom. The van der Waals surface area contributed by atoms with Crippen LogP contribution in [0, 0.1) is 4.91 Å². The molecule has 18 heavy (non-hydrogen) atoms. The molecule has 0 radical (unpaired) electrons. The van der Waals surface area contributed by atoms with Crippen molar-refractivity contribution < 1.29 is 9.52 Å². The third-order valence-corrected chi connectivity index (χ3v) is 2.72. The van der Waals surface area contributed by atoms with Crippen molar-refractivity contribution in [2.24, 2.45) is 5.18 Å². The molecule has 0 amide bonds. The molecule has 1 N–H and O–H groups in total. The van der Waals surface area contributed by atoms with Crippen molar-refractivity contribution >= 4 is 11.5 Å². The highest BCUT2D eigenvalue weighted by Gasteiger charge is 2.18. The van der Waals surface area contributed by atoms with Crippen LogP contribution in [0.1, 0.15) is 5.56 Å². The highest BCUT2D eigenvalue weighted by molar-refractivity contribution is 5.72. The van der Waals surface area contributed by atoms with Crippen molar-refractivity contribution in [2.75, 3.05) is 0 Å². The van der Waals surface area contributed by atoms with Gasteiger partial charge in [-0.05, 0) is 23.4 Å². The molecule has 0 aliphatic rings. The fourth-order valence-electron chi connectivity index (χ4n) is 1.90. The van der Waals surface area contributed by atoms with Crippen molar-refractivity contribution in [3.8, 4) is 11.5 Å². The molecule has 3 rings (SSSR count). The number of aliphatic hydroxyl groups is 1. The molecule has 6 nitrogen and oxygen atoms in total. The molecule has 90 valence electrons. The van der Waals surface area contributed by atoms with Crippen LogP contribution in [0.5, 0.6) is 0 Å². The lowest BCUT2D eigenvalue weighted by Crippen LogP contribution is -1.90. The summed E-state index contributed by atoms with van der Waals surface area (Å²) in [5, 5.41) is 12.3. The van der Waals surface area contributed by atoms with Crippen LogP contribution in [0.15, 0.2) is 46.3 Å². The van der Waals surface area contributed by atoms with E-state index in [4.69, 9.17) is 4.42 Å². The zero-order chi connectivity index (χ0) is 12.5. The molecule has 0 aromatic carbocycles. The number of nitrogens with zero attached hydrogens (tertiary/aromatic N) is 3. The predicted molar refractivity (Wildman–Crippen MR) is 64.3 cm³/mol. The maximum Gasteiger partial charge on any atom is 0.212 e. The fourth-order valence-corrected chi connectivity index (χ4v) is 1.90. The SMILES string of the molecule is O=Nc1c(-c2ccco2)nc2c(CO)cccn12. The summed E-state index contributed by atoms with van der Waals surface area (Å²) >= 11 is 0. The number of hydrogen-bond donors (Lipinski definition) is 1. The smallest absolute Gasteiger partial charge is 0.212 e. The van der Waals surface area contributed by atoms with E-state index in [1.54, 1.807) is 30.5 Å². The molecule has 3 aromatic heterocycles. The van der Waals surface area contributed by atoms with Crippen LogP contribution in [0.25, 0.3) is 17.1 Å². The van der Waals surface area contributed by atoms with Crippen LogP contribution < -0.4 is 0 Å². The van der Waals surface area contributed by atoms with E-state index >= 15 is 0 Å². The second kappa shape index (κ2) is 4.08. The Balaban J connectivity index is 2.36. The average Bonchev–Trinajstić information content (AvgIpc) is 3.04. The monoisotopic (exact) mass is 243 g/mol. The summed E-state index contributed by atoms with van der Waals surface area (Å²) in [4.78, 5) is 15.3. The van der Waals surface area contributed by atoms with Gasteiger partial charge in [0.1, 0.15) is 5.65 Å². The predicted octanol–water partition coefficient (Wildman–Crippen LogP) is 2.48. The van der Waals surface area contributed by atoms with Crippen molar-refractivity contribution in [2.45, 2.75) is 6.61 Å². The van der Waals surface area contributed by atoms with Crippen molar-refractivity contribution in [3.63, 3.8) is 0 Å². The molecule has 0 fully saturated rings. The molecule has 0 saturated carbocycles. The third kappa shape index (κ3) is 1.43. The summed E-state index contributed by atoms with van der Waals surface area (Å²) in [7, 11) is 0. The summed E-state index contributed by atoms with van der Waals surface area (Å²) in [6.45, 7) is -0.156. The summed E-state index contributed by atoms with van der Waals surface area (Å²) in [5.41, 5.74) is 1.50. The molecular weight excluding hydrogens is 234 g/mol. The van der Waals surface area contributed by atoms with Gasteiger partial charge in [-0.3, -0.25) is 4.40 Å². The molecular formula is C12H9N3O3. The van der Waals surface area contributed by atoms with Crippen LogP contribution in [-0.2, 0) is 6.61 Å². The minimum atomic E-state index is -0.156. The lowest BCUT2D eigenvalue weighted by molar-refractivity contribution is 0.282. The first-order valence-corrected chi connectivity index (χ1v) is 5.33. The number of aliphatic hydroxyl groups excluding tert-OH is 1. The Morgan fingerprint density at radius 1 is 1.39 bits per heavy atom. The minimum Gasteiger partial charge on any atom is -0.463 e. The van der Waals surface area contributed by atoms with Crippen LogP contribution >= 0.6 is 0 Å². The molecule has 0 aliphatic carbocycles. The van der Waals surface area contributed by atoms with Gasteiger partial charge in [-0.2, -0.15) is 0 Å². The number of furan rings is 1. The van der Waals surface area contributed by atoms with Gasteiger partial charge in [-0.15, -0.1) is 4.91 Å². The largest absolute Gasteiger partial charge is 0.463 e. The van der Waals surface area contributed by atoms with Gasteiger partial charge in [0.05, 0.1) is 12.9 Å². The zero-order valence-electron chi connectivity index (χ0n) is 9.28. The van der Waals surface area contributed by atoms with Gasteiger partial charge in [0, 0.05) is 11.8 Å². The quantitative estimate of drug-likeness (QED) is 0.716. The minimum absolute atomic E-state index is 0.156. The Labute approximate surface area is 101 Å². The second-order valence-corrected chi connectivity index (χ2v) is 3.74. The molecule has 0 bridgehead atoms. The molecule has 3 heterocycles. The molecule has 0 unspecified atom stereocenters. The number of fused-ring (bicyclic) bond motifs is 1. The lowest BCUT2D eigenvalue weighted by atomic mass is 10.3. The van der Waals surface area contributed by atoms with E-state index in [-0.39, 0.29) is 12.4 Å². The molecule has 0 atom stereocenters. The van der Waals surface area contributed by atoms with Gasteiger partial charge in [0.2, 0.25) is 5.82 Å². The fraction of sp³-hybridized carbons (Fsp3) is 0.0833. The maximum atomic E-state index is 11.0. The Morgan fingerprint density at radius 3 is 2.94 bits per heavy atom. The van der Waals surface area contributed by atoms with Crippen molar-refractivity contribution in [3.05, 3.63) is 47.2 Å². The maximum absolute atomic E-state index is 11.0. The van der Waals surface area contributed by atoms with Crippen LogP contribution in [-0.4, -0.2) is 14.5 Å². The first-order valence-electron chi connectivity index (χ1n) is 5.33.